The highest BCUT2D eigenvalue weighted by Gasteiger charge is 2.40. The van der Waals surface area contributed by atoms with Crippen LogP contribution in [-0.2, 0) is 30.4 Å². The lowest BCUT2D eigenvalue weighted by molar-refractivity contribution is -0.144. The lowest BCUT2D eigenvalue weighted by Gasteiger charge is -2.17. The Balaban J connectivity index is 1.61. The van der Waals surface area contributed by atoms with E-state index in [0.29, 0.717) is 59.8 Å². The number of amides is 1. The molecule has 0 bridgehead atoms. The van der Waals surface area contributed by atoms with Crippen molar-refractivity contribution in [1.29, 1.82) is 0 Å². The number of aromatic nitrogens is 4. The van der Waals surface area contributed by atoms with E-state index in [9.17, 15) is 18.0 Å². The van der Waals surface area contributed by atoms with Gasteiger partial charge in [0.1, 0.15) is 11.7 Å². The first-order valence-corrected chi connectivity index (χ1v) is 10.2. The van der Waals surface area contributed by atoms with Crippen molar-refractivity contribution < 1.29 is 18.0 Å². The lowest BCUT2D eigenvalue weighted by atomic mass is 10.2. The van der Waals surface area contributed by atoms with Crippen molar-refractivity contribution in [2.24, 2.45) is 0 Å². The zero-order chi connectivity index (χ0) is 21.3. The summed E-state index contributed by atoms with van der Waals surface area (Å²) in [5.41, 5.74) is 1.61. The zero-order valence-corrected chi connectivity index (χ0v) is 17.5. The molecule has 1 aliphatic rings. The molecule has 0 radical (unpaired) electrons. The van der Waals surface area contributed by atoms with Crippen LogP contribution in [0.3, 0.4) is 0 Å². The van der Waals surface area contributed by atoms with Crippen molar-refractivity contribution in [3.8, 4) is 0 Å². The second kappa shape index (κ2) is 8.38. The standard InChI is InChI=1S/C19H25ClF3N5O/c1-4-15(28-12(3)16(20)11(2)25-28)18(29)24-9-6-10-27-17(19(21,22)23)13-7-5-8-14(13)26-27/h15H,4-10H2,1-3H3,(H,24,29). The Morgan fingerprint density at radius 1 is 1.28 bits per heavy atom. The number of nitrogens with zero attached hydrogens (tertiary/aromatic N) is 4. The fourth-order valence-corrected chi connectivity index (χ4v) is 4.02. The van der Waals surface area contributed by atoms with Crippen LogP contribution in [0.4, 0.5) is 13.2 Å². The summed E-state index contributed by atoms with van der Waals surface area (Å²) in [6.45, 7) is 5.80. The van der Waals surface area contributed by atoms with E-state index in [1.54, 1.807) is 18.5 Å². The summed E-state index contributed by atoms with van der Waals surface area (Å²) in [6.07, 6.45) is -1.82. The van der Waals surface area contributed by atoms with Crippen LogP contribution >= 0.6 is 11.6 Å². The van der Waals surface area contributed by atoms with E-state index in [1.807, 2.05) is 6.92 Å². The summed E-state index contributed by atoms with van der Waals surface area (Å²) < 4.78 is 43.0. The molecule has 1 atom stereocenters. The summed E-state index contributed by atoms with van der Waals surface area (Å²) in [5, 5.41) is 11.8. The minimum absolute atomic E-state index is 0.102. The van der Waals surface area contributed by atoms with Gasteiger partial charge in [-0.15, -0.1) is 0 Å². The number of rotatable bonds is 7. The highest BCUT2D eigenvalue weighted by Crippen LogP contribution is 2.37. The topological polar surface area (TPSA) is 64.7 Å². The van der Waals surface area contributed by atoms with Crippen molar-refractivity contribution in [2.75, 3.05) is 6.54 Å². The Bertz CT molecular complexity index is 903. The minimum atomic E-state index is -4.42. The van der Waals surface area contributed by atoms with Gasteiger partial charge in [0, 0.05) is 18.7 Å². The average molecular weight is 432 g/mol. The van der Waals surface area contributed by atoms with E-state index >= 15 is 0 Å². The van der Waals surface area contributed by atoms with Gasteiger partial charge in [-0.25, -0.2) is 0 Å². The van der Waals surface area contributed by atoms with Gasteiger partial charge in [0.05, 0.1) is 22.1 Å². The molecule has 2 aromatic rings. The number of halogens is 4. The largest absolute Gasteiger partial charge is 0.433 e. The van der Waals surface area contributed by atoms with Crippen molar-refractivity contribution in [2.45, 2.75) is 71.6 Å². The summed E-state index contributed by atoms with van der Waals surface area (Å²) in [7, 11) is 0. The molecule has 1 amide bonds. The van der Waals surface area contributed by atoms with Gasteiger partial charge in [-0.3, -0.25) is 14.2 Å². The zero-order valence-electron chi connectivity index (χ0n) is 16.7. The fraction of sp³-hybridized carbons (Fsp3) is 0.632. The Morgan fingerprint density at radius 3 is 2.59 bits per heavy atom. The quantitative estimate of drug-likeness (QED) is 0.673. The van der Waals surface area contributed by atoms with Crippen molar-refractivity contribution in [1.82, 2.24) is 24.9 Å². The highest BCUT2D eigenvalue weighted by molar-refractivity contribution is 6.31. The predicted octanol–water partition coefficient (Wildman–Crippen LogP) is 4.01. The fourth-order valence-electron chi connectivity index (χ4n) is 3.90. The Kier molecular flexibility index (Phi) is 6.26. The molecule has 1 aliphatic carbocycles. The molecular weight excluding hydrogens is 407 g/mol. The molecule has 0 saturated heterocycles. The number of aryl methyl sites for hydroxylation is 3. The average Bonchev–Trinajstić information content (AvgIpc) is 3.29. The van der Waals surface area contributed by atoms with E-state index in [1.165, 1.54) is 0 Å². The molecule has 6 nitrogen and oxygen atoms in total. The molecule has 2 aromatic heterocycles. The van der Waals surface area contributed by atoms with Crippen LogP contribution < -0.4 is 5.32 Å². The number of carbonyl (C=O) groups excluding carboxylic acids is 1. The van der Waals surface area contributed by atoms with Crippen LogP contribution in [0.2, 0.25) is 5.02 Å². The number of nitrogens with one attached hydrogen (secondary N) is 1. The number of hydrogen-bond acceptors (Lipinski definition) is 3. The van der Waals surface area contributed by atoms with E-state index in [-0.39, 0.29) is 19.0 Å². The first-order chi connectivity index (χ1) is 13.6. The van der Waals surface area contributed by atoms with Gasteiger partial charge in [-0.1, -0.05) is 18.5 Å². The molecule has 0 saturated carbocycles. The molecule has 1 N–H and O–H groups in total. The molecule has 3 rings (SSSR count). The summed E-state index contributed by atoms with van der Waals surface area (Å²) in [5.74, 6) is -0.228. The van der Waals surface area contributed by atoms with E-state index < -0.39 is 17.9 Å². The number of fused-ring (bicyclic) bond motifs is 1. The molecular formula is C19H25ClF3N5O. The monoisotopic (exact) mass is 431 g/mol. The van der Waals surface area contributed by atoms with Crippen LogP contribution in [0.5, 0.6) is 0 Å². The van der Waals surface area contributed by atoms with Gasteiger partial charge in [0.15, 0.2) is 0 Å². The smallest absolute Gasteiger partial charge is 0.354 e. The third kappa shape index (κ3) is 4.29. The van der Waals surface area contributed by atoms with Crippen molar-refractivity contribution in [3.63, 3.8) is 0 Å². The third-order valence-electron chi connectivity index (χ3n) is 5.31. The van der Waals surface area contributed by atoms with E-state index in [4.69, 9.17) is 11.6 Å². The van der Waals surface area contributed by atoms with Gasteiger partial charge in [-0.05, 0) is 46.0 Å². The number of hydrogen-bond donors (Lipinski definition) is 1. The number of alkyl halides is 3. The maximum absolute atomic E-state index is 13.4. The molecule has 0 fully saturated rings. The second-order valence-electron chi connectivity index (χ2n) is 7.35. The third-order valence-corrected chi connectivity index (χ3v) is 5.86. The van der Waals surface area contributed by atoms with Gasteiger partial charge >= 0.3 is 6.18 Å². The molecule has 0 aliphatic heterocycles. The lowest BCUT2D eigenvalue weighted by Crippen LogP contribution is -2.34. The van der Waals surface area contributed by atoms with Gasteiger partial charge < -0.3 is 5.32 Å². The first-order valence-electron chi connectivity index (χ1n) is 9.79. The molecule has 1 unspecified atom stereocenters. The van der Waals surface area contributed by atoms with Gasteiger partial charge in [-0.2, -0.15) is 23.4 Å². The maximum atomic E-state index is 13.4. The molecule has 0 spiro atoms. The maximum Gasteiger partial charge on any atom is 0.433 e. The summed E-state index contributed by atoms with van der Waals surface area (Å²) in [6, 6.07) is -0.513. The van der Waals surface area contributed by atoms with Crippen LogP contribution in [0, 0.1) is 13.8 Å². The van der Waals surface area contributed by atoms with Crippen LogP contribution in [0.1, 0.15) is 60.6 Å². The predicted molar refractivity (Wildman–Crippen MR) is 103 cm³/mol. The Morgan fingerprint density at radius 2 is 2.00 bits per heavy atom. The number of carbonyl (C=O) groups is 1. The van der Waals surface area contributed by atoms with Crippen LogP contribution in [-0.4, -0.2) is 32.0 Å². The summed E-state index contributed by atoms with van der Waals surface area (Å²) in [4.78, 5) is 12.6. The minimum Gasteiger partial charge on any atom is -0.354 e. The molecule has 2 heterocycles. The van der Waals surface area contributed by atoms with E-state index in [0.717, 1.165) is 4.68 Å². The van der Waals surface area contributed by atoms with Crippen molar-refractivity contribution >= 4 is 17.5 Å². The van der Waals surface area contributed by atoms with Crippen molar-refractivity contribution in [3.05, 3.63) is 33.4 Å². The molecule has 10 heteroatoms. The first kappa shape index (κ1) is 21.7. The van der Waals surface area contributed by atoms with E-state index in [2.05, 4.69) is 15.5 Å². The Hall–Kier alpha value is -2.03. The van der Waals surface area contributed by atoms with Crippen LogP contribution in [0.25, 0.3) is 0 Å². The highest BCUT2D eigenvalue weighted by atomic mass is 35.5. The Labute approximate surface area is 172 Å². The van der Waals surface area contributed by atoms with Gasteiger partial charge in [0.2, 0.25) is 5.91 Å². The molecule has 160 valence electrons. The second-order valence-corrected chi connectivity index (χ2v) is 7.72. The van der Waals surface area contributed by atoms with Crippen LogP contribution in [0.15, 0.2) is 0 Å². The van der Waals surface area contributed by atoms with Gasteiger partial charge in [0.25, 0.3) is 0 Å². The normalized spacial score (nSPS) is 14.9. The molecule has 29 heavy (non-hydrogen) atoms. The molecule has 0 aromatic carbocycles. The summed E-state index contributed by atoms with van der Waals surface area (Å²) >= 11 is 6.17. The SMILES string of the molecule is CCC(C(=O)NCCCn1nc2c(c1C(F)(F)F)CCC2)n1nc(C)c(Cl)c1C.